The van der Waals surface area contributed by atoms with Crippen LogP contribution in [0, 0.1) is 6.92 Å². The first-order valence-corrected chi connectivity index (χ1v) is 13.6. The number of hydrogen-bond acceptors (Lipinski definition) is 8. The Morgan fingerprint density at radius 2 is 1.51 bits per heavy atom. The van der Waals surface area contributed by atoms with Gasteiger partial charge in [-0.1, -0.05) is 12.6 Å². The first kappa shape index (κ1) is 32.3. The van der Waals surface area contributed by atoms with Gasteiger partial charge in [0.15, 0.2) is 11.5 Å². The summed E-state index contributed by atoms with van der Waals surface area (Å²) in [4.78, 5) is 25.7. The maximum Gasteiger partial charge on any atom is 0.245 e. The molecule has 2 heterocycles. The standard InChI is InChI=1S/C25H24N2O4.C7H11NO.CH3NO/c1-16-5-6-18(27-17-7-9-19(28-2)10-8-17)13-23(16)31-22-11-12-26-21-15-25(30-4)24(29-3)14-20(21)22;1-2-7(9)8-5-3-4-6-8;2-1-3/h5-15,27H,1-4H3;2H,1,3-6H2;1H,(H2,2,3). The summed E-state index contributed by atoms with van der Waals surface area (Å²) in [5, 5.41) is 4.24. The van der Waals surface area contributed by atoms with Crippen molar-refractivity contribution in [3.63, 3.8) is 0 Å². The Balaban J connectivity index is 0.000000354. The second-order valence-corrected chi connectivity index (χ2v) is 9.34. The van der Waals surface area contributed by atoms with Crippen LogP contribution in [0.2, 0.25) is 0 Å². The van der Waals surface area contributed by atoms with Crippen molar-refractivity contribution in [1.82, 2.24) is 9.88 Å². The van der Waals surface area contributed by atoms with E-state index in [2.05, 4.69) is 22.6 Å². The molecule has 0 atom stereocenters. The predicted molar refractivity (Wildman–Crippen MR) is 169 cm³/mol. The molecule has 5 rings (SSSR count). The number of carbonyl (C=O) groups excluding carboxylic acids is 2. The molecule has 3 N–H and O–H groups in total. The Kier molecular flexibility index (Phi) is 12.2. The molecule has 10 nitrogen and oxygen atoms in total. The number of benzene rings is 3. The number of hydrogen-bond donors (Lipinski definition) is 2. The van der Waals surface area contributed by atoms with Crippen molar-refractivity contribution in [3.8, 4) is 28.7 Å². The van der Waals surface area contributed by atoms with Gasteiger partial charge in [0.25, 0.3) is 0 Å². The monoisotopic (exact) mass is 586 g/mol. The molecule has 3 aromatic carbocycles. The van der Waals surface area contributed by atoms with E-state index >= 15 is 0 Å². The molecule has 0 aliphatic carbocycles. The Morgan fingerprint density at radius 1 is 0.884 bits per heavy atom. The third-order valence-electron chi connectivity index (χ3n) is 6.59. The lowest BCUT2D eigenvalue weighted by molar-refractivity contribution is -0.125. The first-order chi connectivity index (χ1) is 20.9. The third kappa shape index (κ3) is 8.87. The zero-order chi connectivity index (χ0) is 31.2. The number of likely N-dealkylation sites (tertiary alicyclic amines) is 1. The van der Waals surface area contributed by atoms with E-state index in [1.165, 1.54) is 6.08 Å². The number of carbonyl (C=O) groups is 2. The van der Waals surface area contributed by atoms with Gasteiger partial charge in [0, 0.05) is 48.2 Å². The highest BCUT2D eigenvalue weighted by Crippen LogP contribution is 2.38. The number of nitrogens with zero attached hydrogens (tertiary/aromatic N) is 2. The van der Waals surface area contributed by atoms with E-state index in [0.717, 1.165) is 65.3 Å². The highest BCUT2D eigenvalue weighted by molar-refractivity contribution is 5.88. The number of primary amides is 1. The van der Waals surface area contributed by atoms with E-state index in [9.17, 15) is 4.79 Å². The first-order valence-electron chi connectivity index (χ1n) is 13.6. The van der Waals surface area contributed by atoms with Crippen molar-refractivity contribution in [3.05, 3.63) is 85.1 Å². The molecule has 0 radical (unpaired) electrons. The molecular formula is C33H38N4O6. The Morgan fingerprint density at radius 3 is 2.12 bits per heavy atom. The van der Waals surface area contributed by atoms with E-state index < -0.39 is 0 Å². The van der Waals surface area contributed by atoms with E-state index in [-0.39, 0.29) is 12.3 Å². The number of rotatable bonds is 8. The van der Waals surface area contributed by atoms with Crippen LogP contribution in [-0.2, 0) is 9.59 Å². The summed E-state index contributed by atoms with van der Waals surface area (Å²) in [7, 11) is 4.87. The zero-order valence-corrected chi connectivity index (χ0v) is 25.0. The summed E-state index contributed by atoms with van der Waals surface area (Å²) in [6.45, 7) is 7.27. The minimum atomic E-state index is 0.0764. The number of fused-ring (bicyclic) bond motifs is 1. The molecule has 2 amide bonds. The summed E-state index contributed by atoms with van der Waals surface area (Å²) in [6.07, 6.45) is 5.66. The molecule has 1 aliphatic heterocycles. The summed E-state index contributed by atoms with van der Waals surface area (Å²) in [5.74, 6) is 3.58. The number of anilines is 2. The number of nitrogens with two attached hydrogens (primary N) is 1. The van der Waals surface area contributed by atoms with E-state index in [4.69, 9.17) is 23.7 Å². The van der Waals surface area contributed by atoms with E-state index in [1.54, 1.807) is 27.5 Å². The quantitative estimate of drug-likeness (QED) is 0.190. The van der Waals surface area contributed by atoms with Crippen LogP contribution in [0.3, 0.4) is 0 Å². The summed E-state index contributed by atoms with van der Waals surface area (Å²) >= 11 is 0. The molecule has 43 heavy (non-hydrogen) atoms. The van der Waals surface area contributed by atoms with Crippen molar-refractivity contribution < 1.29 is 28.5 Å². The van der Waals surface area contributed by atoms with Crippen LogP contribution in [0.1, 0.15) is 18.4 Å². The lowest BCUT2D eigenvalue weighted by Crippen LogP contribution is -2.25. The third-order valence-corrected chi connectivity index (χ3v) is 6.59. The largest absolute Gasteiger partial charge is 0.497 e. The molecular weight excluding hydrogens is 548 g/mol. The van der Waals surface area contributed by atoms with Crippen LogP contribution in [0.15, 0.2) is 79.5 Å². The van der Waals surface area contributed by atoms with Gasteiger partial charge < -0.3 is 34.9 Å². The van der Waals surface area contributed by atoms with Crippen LogP contribution < -0.4 is 30.0 Å². The molecule has 1 saturated heterocycles. The van der Waals surface area contributed by atoms with Gasteiger partial charge in [-0.3, -0.25) is 14.6 Å². The van der Waals surface area contributed by atoms with Gasteiger partial charge in [-0.2, -0.15) is 0 Å². The second kappa shape index (κ2) is 16.3. The SMILES string of the molecule is C=CC(=O)N1CCCC1.COc1ccc(Nc2ccc(C)c(Oc3ccnc4cc(OC)c(OC)cc34)c2)cc1.NC=O. The number of amides is 2. The Labute approximate surface area is 252 Å². The Bertz CT molecular complexity index is 1520. The molecule has 4 aromatic rings. The fourth-order valence-electron chi connectivity index (χ4n) is 4.35. The minimum Gasteiger partial charge on any atom is -0.497 e. The average molecular weight is 587 g/mol. The lowest BCUT2D eigenvalue weighted by atomic mass is 10.1. The second-order valence-electron chi connectivity index (χ2n) is 9.34. The normalized spacial score (nSPS) is 11.7. The van der Waals surface area contributed by atoms with Crippen molar-refractivity contribution in [2.24, 2.45) is 5.73 Å². The van der Waals surface area contributed by atoms with Crippen LogP contribution >= 0.6 is 0 Å². The Hall–Kier alpha value is -5.25. The molecule has 0 spiro atoms. The fraction of sp³-hybridized carbons (Fsp3) is 0.242. The number of aryl methyl sites for hydroxylation is 1. The summed E-state index contributed by atoms with van der Waals surface area (Å²) in [6, 6.07) is 19.4. The van der Waals surface area contributed by atoms with Crippen LogP contribution in [0.4, 0.5) is 11.4 Å². The smallest absolute Gasteiger partial charge is 0.245 e. The molecule has 0 saturated carbocycles. The average Bonchev–Trinajstić information content (AvgIpc) is 3.58. The molecule has 1 aliphatic rings. The number of methoxy groups -OCH3 is 3. The predicted octanol–water partition coefficient (Wildman–Crippen LogP) is 6.00. The maximum absolute atomic E-state index is 10.8. The van der Waals surface area contributed by atoms with Gasteiger partial charge in [0.05, 0.1) is 26.8 Å². The van der Waals surface area contributed by atoms with Crippen molar-refractivity contribution >= 4 is 34.6 Å². The van der Waals surface area contributed by atoms with E-state index in [0.29, 0.717) is 17.2 Å². The maximum atomic E-state index is 10.8. The van der Waals surface area contributed by atoms with Gasteiger partial charge in [-0.15, -0.1) is 0 Å². The van der Waals surface area contributed by atoms with Gasteiger partial charge in [-0.25, -0.2) is 0 Å². The van der Waals surface area contributed by atoms with Crippen LogP contribution in [0.25, 0.3) is 10.9 Å². The number of aromatic nitrogens is 1. The molecule has 1 fully saturated rings. The van der Waals surface area contributed by atoms with Gasteiger partial charge in [0.1, 0.15) is 17.2 Å². The minimum absolute atomic E-state index is 0.0764. The van der Waals surface area contributed by atoms with Crippen LogP contribution in [-0.4, -0.2) is 56.6 Å². The molecule has 1 aromatic heterocycles. The van der Waals surface area contributed by atoms with Crippen molar-refractivity contribution in [1.29, 1.82) is 0 Å². The van der Waals surface area contributed by atoms with Crippen molar-refractivity contribution in [2.75, 3.05) is 39.7 Å². The molecule has 0 unspecified atom stereocenters. The van der Waals surface area contributed by atoms with Gasteiger partial charge in [0.2, 0.25) is 12.3 Å². The summed E-state index contributed by atoms with van der Waals surface area (Å²) < 4.78 is 22.4. The fourth-order valence-corrected chi connectivity index (χ4v) is 4.35. The van der Waals surface area contributed by atoms with E-state index in [1.807, 2.05) is 72.5 Å². The molecule has 10 heteroatoms. The number of ether oxygens (including phenoxy) is 4. The lowest BCUT2D eigenvalue weighted by Gasteiger charge is -2.15. The van der Waals surface area contributed by atoms with Crippen LogP contribution in [0.5, 0.6) is 28.7 Å². The van der Waals surface area contributed by atoms with Gasteiger partial charge >= 0.3 is 0 Å². The van der Waals surface area contributed by atoms with Crippen molar-refractivity contribution in [2.45, 2.75) is 19.8 Å². The topological polar surface area (TPSA) is 125 Å². The zero-order valence-electron chi connectivity index (χ0n) is 25.0. The number of nitrogens with one attached hydrogen (secondary N) is 1. The highest BCUT2D eigenvalue weighted by atomic mass is 16.5. The van der Waals surface area contributed by atoms with Gasteiger partial charge in [-0.05, 0) is 73.9 Å². The summed E-state index contributed by atoms with van der Waals surface area (Å²) in [5.41, 5.74) is 7.83. The molecule has 226 valence electrons. The number of pyridine rings is 1. The highest BCUT2D eigenvalue weighted by Gasteiger charge is 2.14. The molecule has 0 bridgehead atoms.